The van der Waals surface area contributed by atoms with Gasteiger partial charge in [0.25, 0.3) is 0 Å². The molecule has 1 atom stereocenters. The van der Waals surface area contributed by atoms with Gasteiger partial charge in [-0.05, 0) is 37.2 Å². The van der Waals surface area contributed by atoms with E-state index in [0.717, 1.165) is 10.9 Å². The number of nitrogens with one attached hydrogen (secondary N) is 1. The minimum Gasteiger partial charge on any atom is -0.505 e. The zero-order valence-electron chi connectivity index (χ0n) is 12.4. The highest BCUT2D eigenvalue weighted by Gasteiger charge is 2.54. The third-order valence-electron chi connectivity index (χ3n) is 5.27. The lowest BCUT2D eigenvalue weighted by Gasteiger charge is -2.22. The zero-order valence-corrected chi connectivity index (χ0v) is 12.4. The van der Waals surface area contributed by atoms with Gasteiger partial charge in [0.05, 0.1) is 0 Å². The summed E-state index contributed by atoms with van der Waals surface area (Å²) in [6, 6.07) is 4.36. The molecule has 2 N–H and O–H groups in total. The predicted molar refractivity (Wildman–Crippen MR) is 83.5 cm³/mol. The summed E-state index contributed by atoms with van der Waals surface area (Å²) >= 11 is 0. The molecule has 0 amide bonds. The van der Waals surface area contributed by atoms with Crippen LogP contribution in [0, 0.1) is 12.3 Å². The fourth-order valence-electron chi connectivity index (χ4n) is 3.77. The van der Waals surface area contributed by atoms with Gasteiger partial charge in [-0.3, -0.25) is 0 Å². The molecule has 0 saturated heterocycles. The highest BCUT2D eigenvalue weighted by molar-refractivity contribution is 5.85. The van der Waals surface area contributed by atoms with E-state index in [-0.39, 0.29) is 5.75 Å². The van der Waals surface area contributed by atoms with Gasteiger partial charge in [0.15, 0.2) is 0 Å². The molecule has 4 nitrogen and oxygen atoms in total. The van der Waals surface area contributed by atoms with Crippen LogP contribution in [0.2, 0.25) is 0 Å². The van der Waals surface area contributed by atoms with Gasteiger partial charge in [0.2, 0.25) is 5.95 Å². The number of aromatic nitrogens is 2. The summed E-state index contributed by atoms with van der Waals surface area (Å²) in [5, 5.41) is 14.5. The van der Waals surface area contributed by atoms with Crippen molar-refractivity contribution in [2.24, 2.45) is 5.41 Å². The van der Waals surface area contributed by atoms with Crippen LogP contribution in [0.15, 0.2) is 18.3 Å². The lowest BCUT2D eigenvalue weighted by Crippen LogP contribution is -2.18. The molecule has 21 heavy (non-hydrogen) atoms. The second-order valence-corrected chi connectivity index (χ2v) is 6.69. The maximum absolute atomic E-state index is 10.2. The van der Waals surface area contributed by atoms with Crippen LogP contribution >= 0.6 is 0 Å². The molecule has 2 fully saturated rings. The summed E-state index contributed by atoms with van der Waals surface area (Å²) < 4.78 is 0. The van der Waals surface area contributed by atoms with Crippen molar-refractivity contribution >= 4 is 16.9 Å². The quantitative estimate of drug-likeness (QED) is 0.880. The molecule has 2 aliphatic carbocycles. The van der Waals surface area contributed by atoms with Crippen molar-refractivity contribution in [3.63, 3.8) is 0 Å². The Bertz CT molecular complexity index is 692. The third kappa shape index (κ3) is 2.13. The van der Waals surface area contributed by atoms with Gasteiger partial charge in [-0.25, -0.2) is 9.97 Å². The van der Waals surface area contributed by atoms with E-state index in [1.807, 2.05) is 19.1 Å². The summed E-state index contributed by atoms with van der Waals surface area (Å²) in [5.41, 5.74) is 2.00. The van der Waals surface area contributed by atoms with Crippen molar-refractivity contribution in [3.8, 4) is 5.75 Å². The van der Waals surface area contributed by atoms with Crippen molar-refractivity contribution in [3.05, 3.63) is 23.9 Å². The van der Waals surface area contributed by atoms with Crippen molar-refractivity contribution in [1.29, 1.82) is 0 Å². The molecule has 1 spiro atoms. The number of phenolic OH excluding ortho intramolecular Hbond substituents is 1. The van der Waals surface area contributed by atoms with Crippen LogP contribution in [0.3, 0.4) is 0 Å². The first-order valence-corrected chi connectivity index (χ1v) is 7.90. The van der Waals surface area contributed by atoms with Gasteiger partial charge in [0.1, 0.15) is 11.3 Å². The molecular formula is C17H21N3O. The highest BCUT2D eigenvalue weighted by Crippen LogP contribution is 2.57. The van der Waals surface area contributed by atoms with E-state index >= 15 is 0 Å². The van der Waals surface area contributed by atoms with Crippen LogP contribution in [-0.4, -0.2) is 21.1 Å². The molecule has 1 heterocycles. The minimum atomic E-state index is 0.265. The Balaban J connectivity index is 1.59. The molecule has 1 aromatic heterocycles. The predicted octanol–water partition coefficient (Wildman–Crippen LogP) is 3.78. The summed E-state index contributed by atoms with van der Waals surface area (Å²) in [6.45, 7) is 1.89. The molecule has 1 unspecified atom stereocenters. The summed E-state index contributed by atoms with van der Waals surface area (Å²) in [7, 11) is 0. The Morgan fingerprint density at radius 1 is 1.24 bits per heavy atom. The first kappa shape index (κ1) is 12.9. The fourth-order valence-corrected chi connectivity index (χ4v) is 3.77. The number of hydrogen-bond acceptors (Lipinski definition) is 4. The molecule has 2 aromatic rings. The van der Waals surface area contributed by atoms with Gasteiger partial charge in [-0.1, -0.05) is 31.4 Å². The molecule has 0 radical (unpaired) electrons. The highest BCUT2D eigenvalue weighted by atomic mass is 16.3. The van der Waals surface area contributed by atoms with Crippen molar-refractivity contribution < 1.29 is 5.11 Å². The van der Waals surface area contributed by atoms with Crippen LogP contribution in [0.5, 0.6) is 5.75 Å². The Morgan fingerprint density at radius 2 is 2.05 bits per heavy atom. The van der Waals surface area contributed by atoms with E-state index in [1.165, 1.54) is 38.5 Å². The summed E-state index contributed by atoms with van der Waals surface area (Å²) in [4.78, 5) is 8.92. The summed E-state index contributed by atoms with van der Waals surface area (Å²) in [6.07, 6.45) is 9.81. The Labute approximate surface area is 124 Å². The minimum absolute atomic E-state index is 0.265. The van der Waals surface area contributed by atoms with Crippen molar-refractivity contribution in [2.45, 2.75) is 51.5 Å². The number of rotatable bonds is 2. The Kier molecular flexibility index (Phi) is 2.81. The SMILES string of the molecule is Cc1ccc2cnc(NC3CC34CCCCC4)nc2c1O. The number of aromatic hydroxyl groups is 1. The number of nitrogens with zero attached hydrogens (tertiary/aromatic N) is 2. The largest absolute Gasteiger partial charge is 0.505 e. The molecule has 2 aliphatic rings. The van der Waals surface area contributed by atoms with Crippen molar-refractivity contribution in [1.82, 2.24) is 9.97 Å². The standard InChI is InChI=1S/C17H21N3O/c1-11-5-6-12-10-18-16(20-14(12)15(11)21)19-13-9-17(13)7-3-2-4-8-17/h5-6,10,13,21H,2-4,7-9H2,1H3,(H,18,19,20). The third-order valence-corrected chi connectivity index (χ3v) is 5.27. The van der Waals surface area contributed by atoms with Crippen molar-refractivity contribution in [2.75, 3.05) is 5.32 Å². The maximum Gasteiger partial charge on any atom is 0.223 e. The average molecular weight is 283 g/mol. The van der Waals surface area contributed by atoms with E-state index in [9.17, 15) is 5.11 Å². The molecular weight excluding hydrogens is 262 g/mol. The molecule has 2 saturated carbocycles. The number of benzene rings is 1. The lowest BCUT2D eigenvalue weighted by molar-refractivity contribution is 0.330. The number of aryl methyl sites for hydroxylation is 1. The average Bonchev–Trinajstić information content (AvgIpc) is 3.15. The van der Waals surface area contributed by atoms with E-state index in [1.54, 1.807) is 6.20 Å². The van der Waals surface area contributed by atoms with Gasteiger partial charge in [-0.15, -0.1) is 0 Å². The van der Waals surface area contributed by atoms with Gasteiger partial charge in [0, 0.05) is 17.6 Å². The van der Waals surface area contributed by atoms with Gasteiger partial charge >= 0.3 is 0 Å². The molecule has 0 aliphatic heterocycles. The number of fused-ring (bicyclic) bond motifs is 1. The molecule has 4 rings (SSSR count). The first-order chi connectivity index (χ1) is 10.2. The van der Waals surface area contributed by atoms with E-state index in [0.29, 0.717) is 22.9 Å². The van der Waals surface area contributed by atoms with E-state index in [2.05, 4.69) is 15.3 Å². The summed E-state index contributed by atoms with van der Waals surface area (Å²) in [5.74, 6) is 0.914. The van der Waals surface area contributed by atoms with E-state index in [4.69, 9.17) is 0 Å². The number of anilines is 1. The van der Waals surface area contributed by atoms with Crippen LogP contribution in [-0.2, 0) is 0 Å². The monoisotopic (exact) mass is 283 g/mol. The molecule has 4 heteroatoms. The first-order valence-electron chi connectivity index (χ1n) is 7.90. The topological polar surface area (TPSA) is 58.0 Å². The maximum atomic E-state index is 10.2. The van der Waals surface area contributed by atoms with Crippen LogP contribution in [0.4, 0.5) is 5.95 Å². The second kappa shape index (κ2) is 4.58. The number of phenols is 1. The van der Waals surface area contributed by atoms with Gasteiger partial charge in [-0.2, -0.15) is 0 Å². The van der Waals surface area contributed by atoms with Crippen LogP contribution in [0.1, 0.15) is 44.1 Å². The Hall–Kier alpha value is -1.84. The number of hydrogen-bond donors (Lipinski definition) is 2. The second-order valence-electron chi connectivity index (χ2n) is 6.69. The van der Waals surface area contributed by atoms with E-state index < -0.39 is 0 Å². The Morgan fingerprint density at radius 3 is 2.86 bits per heavy atom. The smallest absolute Gasteiger partial charge is 0.223 e. The normalized spacial score (nSPS) is 23.4. The molecule has 0 bridgehead atoms. The zero-order chi connectivity index (χ0) is 14.4. The lowest BCUT2D eigenvalue weighted by atomic mass is 9.86. The molecule has 1 aromatic carbocycles. The van der Waals surface area contributed by atoms with Crippen LogP contribution in [0.25, 0.3) is 10.9 Å². The van der Waals surface area contributed by atoms with Gasteiger partial charge < -0.3 is 10.4 Å². The van der Waals surface area contributed by atoms with Crippen LogP contribution < -0.4 is 5.32 Å². The fraction of sp³-hybridized carbons (Fsp3) is 0.529. The molecule has 110 valence electrons.